The van der Waals surface area contributed by atoms with Crippen LogP contribution in [0.1, 0.15) is 52.3 Å². The molecule has 0 atom stereocenters. The molecule has 1 fully saturated rings. The maximum absolute atomic E-state index is 11.6. The molecule has 0 amide bonds. The highest BCUT2D eigenvalue weighted by atomic mass is 16.5. The summed E-state index contributed by atoms with van der Waals surface area (Å²) in [6, 6.07) is 0. The summed E-state index contributed by atoms with van der Waals surface area (Å²) in [5.41, 5.74) is -1.01. The van der Waals surface area contributed by atoms with Crippen molar-refractivity contribution in [1.82, 2.24) is 20.2 Å². The van der Waals surface area contributed by atoms with Crippen LogP contribution in [-0.4, -0.2) is 36.9 Å². The normalized spacial score (nSPS) is 18.4. The van der Waals surface area contributed by atoms with Crippen LogP contribution < -0.4 is 0 Å². The van der Waals surface area contributed by atoms with Gasteiger partial charge in [0.15, 0.2) is 5.82 Å². The average molecular weight is 282 g/mol. The lowest BCUT2D eigenvalue weighted by Gasteiger charge is -2.24. The molecule has 0 saturated heterocycles. The monoisotopic (exact) mass is 282 g/mol. The first-order valence-corrected chi connectivity index (χ1v) is 6.95. The van der Waals surface area contributed by atoms with Gasteiger partial charge in [-0.1, -0.05) is 12.8 Å². The molecule has 1 aliphatic rings. The molecule has 1 heterocycles. The topological polar surface area (TPSA) is 90.1 Å². The fourth-order valence-corrected chi connectivity index (χ4v) is 2.51. The number of hydrogen-bond donors (Lipinski definition) is 1. The molecule has 1 aromatic heterocycles. The van der Waals surface area contributed by atoms with Gasteiger partial charge in [-0.15, -0.1) is 5.10 Å². The zero-order valence-electron chi connectivity index (χ0n) is 12.3. The van der Waals surface area contributed by atoms with Crippen molar-refractivity contribution in [2.24, 2.45) is 5.41 Å². The van der Waals surface area contributed by atoms with Gasteiger partial charge < -0.3 is 9.84 Å². The van der Waals surface area contributed by atoms with Crippen molar-refractivity contribution < 1.29 is 14.6 Å². The lowest BCUT2D eigenvalue weighted by molar-refractivity contribution is -0.149. The Labute approximate surface area is 118 Å². The first-order chi connectivity index (χ1) is 9.32. The number of carbonyl (C=O) groups is 1. The molecule has 0 radical (unpaired) electrons. The van der Waals surface area contributed by atoms with Gasteiger partial charge in [0.2, 0.25) is 0 Å². The number of carboxylic acids is 1. The second-order valence-corrected chi connectivity index (χ2v) is 6.45. The van der Waals surface area contributed by atoms with Gasteiger partial charge >= 0.3 is 5.97 Å². The van der Waals surface area contributed by atoms with Gasteiger partial charge in [-0.2, -0.15) is 0 Å². The Morgan fingerprint density at radius 1 is 1.40 bits per heavy atom. The summed E-state index contributed by atoms with van der Waals surface area (Å²) in [4.78, 5) is 11.6. The van der Waals surface area contributed by atoms with E-state index in [1.807, 2.05) is 20.8 Å². The van der Waals surface area contributed by atoms with Gasteiger partial charge in [-0.25, -0.2) is 4.68 Å². The molecule has 7 nitrogen and oxygen atoms in total. The number of carboxylic acid groups (broad SMARTS) is 1. The second kappa shape index (κ2) is 5.47. The smallest absolute Gasteiger partial charge is 0.311 e. The van der Waals surface area contributed by atoms with Gasteiger partial charge in [0.05, 0.1) is 17.6 Å². The van der Waals surface area contributed by atoms with Crippen molar-refractivity contribution in [3.05, 3.63) is 5.82 Å². The van der Waals surface area contributed by atoms with E-state index in [1.165, 1.54) is 0 Å². The van der Waals surface area contributed by atoms with E-state index < -0.39 is 11.4 Å². The molecule has 1 N–H and O–H groups in total. The van der Waals surface area contributed by atoms with Gasteiger partial charge in [0.1, 0.15) is 6.61 Å². The number of aromatic nitrogens is 4. The molecule has 0 unspecified atom stereocenters. The van der Waals surface area contributed by atoms with E-state index in [4.69, 9.17) is 4.74 Å². The number of aliphatic carboxylic acids is 1. The predicted octanol–water partition coefficient (Wildman–Crippen LogP) is 1.63. The summed E-state index contributed by atoms with van der Waals surface area (Å²) in [5, 5.41) is 21.0. The zero-order chi connectivity index (χ0) is 14.8. The molecule has 0 aromatic carbocycles. The van der Waals surface area contributed by atoms with Crippen molar-refractivity contribution in [2.45, 2.75) is 65.2 Å². The van der Waals surface area contributed by atoms with Crippen LogP contribution in [0.2, 0.25) is 0 Å². The number of hydrogen-bond acceptors (Lipinski definition) is 5. The molecule has 1 aromatic rings. The number of ether oxygens (including phenoxy) is 1. The van der Waals surface area contributed by atoms with Crippen LogP contribution in [0, 0.1) is 5.41 Å². The highest BCUT2D eigenvalue weighted by Gasteiger charge is 2.42. The SMILES string of the molecule is CC(C)(C)OCc1nnnn1CC1(C(=O)O)CCCC1. The van der Waals surface area contributed by atoms with Crippen LogP contribution in [0.25, 0.3) is 0 Å². The Balaban J connectivity index is 2.10. The Bertz CT molecular complexity index is 472. The van der Waals surface area contributed by atoms with Crippen molar-refractivity contribution in [3.8, 4) is 0 Å². The van der Waals surface area contributed by atoms with Crippen LogP contribution >= 0.6 is 0 Å². The van der Waals surface area contributed by atoms with E-state index in [0.29, 0.717) is 25.2 Å². The minimum Gasteiger partial charge on any atom is -0.481 e. The minimum atomic E-state index is -0.756. The zero-order valence-corrected chi connectivity index (χ0v) is 12.3. The summed E-state index contributed by atoms with van der Waals surface area (Å²) in [6.45, 7) is 6.47. The van der Waals surface area contributed by atoms with Crippen molar-refractivity contribution in [3.63, 3.8) is 0 Å². The highest BCUT2D eigenvalue weighted by molar-refractivity contribution is 5.74. The Morgan fingerprint density at radius 3 is 2.60 bits per heavy atom. The Kier molecular flexibility index (Phi) is 4.08. The molecule has 7 heteroatoms. The molecule has 0 spiro atoms. The van der Waals surface area contributed by atoms with Crippen LogP contribution in [-0.2, 0) is 22.7 Å². The van der Waals surface area contributed by atoms with Crippen LogP contribution in [0.5, 0.6) is 0 Å². The van der Waals surface area contributed by atoms with Crippen LogP contribution in [0.15, 0.2) is 0 Å². The first kappa shape index (κ1) is 14.9. The lowest BCUT2D eigenvalue weighted by Crippen LogP contribution is -2.34. The fraction of sp³-hybridized carbons (Fsp3) is 0.846. The molecule has 1 saturated carbocycles. The standard InChI is InChI=1S/C13H22N4O3/c1-12(2,3)20-8-10-14-15-16-17(10)9-13(11(18)19)6-4-5-7-13/h4-9H2,1-3H3,(H,18,19). The van der Waals surface area contributed by atoms with E-state index >= 15 is 0 Å². The quantitative estimate of drug-likeness (QED) is 0.882. The largest absolute Gasteiger partial charge is 0.481 e. The Morgan fingerprint density at radius 2 is 2.05 bits per heavy atom. The van der Waals surface area contributed by atoms with E-state index in [9.17, 15) is 9.90 Å². The molecule has 2 rings (SSSR count). The number of nitrogens with zero attached hydrogens (tertiary/aromatic N) is 4. The number of rotatable bonds is 5. The summed E-state index contributed by atoms with van der Waals surface area (Å²) in [7, 11) is 0. The summed E-state index contributed by atoms with van der Waals surface area (Å²) in [5.74, 6) is -0.180. The highest BCUT2D eigenvalue weighted by Crippen LogP contribution is 2.39. The third-order valence-corrected chi connectivity index (χ3v) is 3.71. The van der Waals surface area contributed by atoms with E-state index in [-0.39, 0.29) is 12.2 Å². The molecule has 1 aliphatic carbocycles. The molecule has 0 bridgehead atoms. The maximum atomic E-state index is 11.6. The summed E-state index contributed by atoms with van der Waals surface area (Å²) >= 11 is 0. The third-order valence-electron chi connectivity index (χ3n) is 3.71. The van der Waals surface area contributed by atoms with Crippen molar-refractivity contribution in [2.75, 3.05) is 0 Å². The van der Waals surface area contributed by atoms with E-state index in [0.717, 1.165) is 12.8 Å². The molecule has 0 aliphatic heterocycles. The molecule has 112 valence electrons. The minimum absolute atomic E-state index is 0.283. The molecule has 20 heavy (non-hydrogen) atoms. The summed E-state index contributed by atoms with van der Waals surface area (Å²) < 4.78 is 7.24. The lowest BCUT2D eigenvalue weighted by atomic mass is 9.86. The Hall–Kier alpha value is -1.50. The van der Waals surface area contributed by atoms with Gasteiger partial charge in [-0.3, -0.25) is 4.79 Å². The third kappa shape index (κ3) is 3.33. The van der Waals surface area contributed by atoms with Crippen molar-refractivity contribution in [1.29, 1.82) is 0 Å². The van der Waals surface area contributed by atoms with Gasteiger partial charge in [-0.05, 0) is 44.0 Å². The van der Waals surface area contributed by atoms with Gasteiger partial charge in [0, 0.05) is 0 Å². The van der Waals surface area contributed by atoms with Crippen LogP contribution in [0.3, 0.4) is 0 Å². The molecular formula is C13H22N4O3. The predicted molar refractivity (Wildman–Crippen MR) is 70.9 cm³/mol. The average Bonchev–Trinajstić information content (AvgIpc) is 2.96. The summed E-state index contributed by atoms with van der Waals surface area (Å²) in [6.07, 6.45) is 3.26. The van der Waals surface area contributed by atoms with E-state index in [2.05, 4.69) is 15.5 Å². The van der Waals surface area contributed by atoms with Crippen molar-refractivity contribution >= 4 is 5.97 Å². The maximum Gasteiger partial charge on any atom is 0.311 e. The van der Waals surface area contributed by atoms with Crippen LogP contribution in [0.4, 0.5) is 0 Å². The van der Waals surface area contributed by atoms with E-state index in [1.54, 1.807) is 4.68 Å². The van der Waals surface area contributed by atoms with Gasteiger partial charge in [0.25, 0.3) is 0 Å². The second-order valence-electron chi connectivity index (χ2n) is 6.45. The first-order valence-electron chi connectivity index (χ1n) is 6.95. The molecular weight excluding hydrogens is 260 g/mol. The fourth-order valence-electron chi connectivity index (χ4n) is 2.51. The number of tetrazole rings is 1.